The Morgan fingerprint density at radius 2 is 1.86 bits per heavy atom. The Hall–Kier alpha value is -4.00. The Labute approximate surface area is 166 Å². The van der Waals surface area contributed by atoms with Crippen LogP contribution >= 0.6 is 0 Å². The predicted octanol–water partition coefficient (Wildman–Crippen LogP) is 5.27. The molecule has 3 aromatic carbocycles. The highest BCUT2D eigenvalue weighted by atomic mass is 16.6. The van der Waals surface area contributed by atoms with Crippen molar-refractivity contribution in [3.8, 4) is 11.5 Å². The first-order valence-electron chi connectivity index (χ1n) is 8.95. The van der Waals surface area contributed by atoms with Crippen molar-refractivity contribution in [2.75, 3.05) is 5.32 Å². The predicted molar refractivity (Wildman–Crippen MR) is 110 cm³/mol. The van der Waals surface area contributed by atoms with Crippen LogP contribution < -0.4 is 5.32 Å². The van der Waals surface area contributed by atoms with Gasteiger partial charge in [-0.3, -0.25) is 14.9 Å². The molecule has 7 nitrogen and oxygen atoms in total. The number of nitrogens with zero attached hydrogens (tertiary/aromatic N) is 2. The van der Waals surface area contributed by atoms with Gasteiger partial charge in [0.25, 0.3) is 11.6 Å². The van der Waals surface area contributed by atoms with E-state index < -0.39 is 10.8 Å². The largest absolute Gasteiger partial charge is 0.436 e. The molecule has 7 heteroatoms. The maximum atomic E-state index is 12.7. The fourth-order valence-electron chi connectivity index (χ4n) is 3.16. The third kappa shape index (κ3) is 3.58. The zero-order valence-electron chi connectivity index (χ0n) is 15.8. The minimum atomic E-state index is -0.498. The van der Waals surface area contributed by atoms with Crippen LogP contribution in [0.15, 0.2) is 65.1 Å². The summed E-state index contributed by atoms with van der Waals surface area (Å²) in [6, 6.07) is 17.3. The second kappa shape index (κ2) is 7.20. The second-order valence-electron chi connectivity index (χ2n) is 6.73. The second-order valence-corrected chi connectivity index (χ2v) is 6.73. The van der Waals surface area contributed by atoms with Gasteiger partial charge in [0.1, 0.15) is 5.52 Å². The molecule has 1 amide bonds. The number of hydrogen-bond donors (Lipinski definition) is 1. The van der Waals surface area contributed by atoms with Gasteiger partial charge in [0.05, 0.1) is 4.92 Å². The van der Waals surface area contributed by atoms with Crippen LogP contribution in [0.3, 0.4) is 0 Å². The fourth-order valence-corrected chi connectivity index (χ4v) is 3.16. The number of anilines is 1. The highest BCUT2D eigenvalue weighted by Gasteiger charge is 2.18. The number of carbonyl (C=O) groups excluding carboxylic acids is 1. The number of oxazole rings is 1. The monoisotopic (exact) mass is 387 g/mol. The van der Waals surface area contributed by atoms with Crippen LogP contribution in [0.4, 0.5) is 11.4 Å². The molecule has 1 N–H and O–H groups in total. The summed E-state index contributed by atoms with van der Waals surface area (Å²) in [5.41, 5.74) is 4.28. The van der Waals surface area contributed by atoms with Crippen LogP contribution in [-0.4, -0.2) is 15.8 Å². The van der Waals surface area contributed by atoms with Crippen molar-refractivity contribution in [1.29, 1.82) is 0 Å². The molecule has 0 radical (unpaired) electrons. The lowest BCUT2D eigenvalue weighted by Gasteiger charge is -2.08. The Morgan fingerprint density at radius 3 is 2.66 bits per heavy atom. The minimum absolute atomic E-state index is 0.0897. The standard InChI is InChI=1S/C22H17N3O4/c1-13-9-10-20-18(11-13)24-22(29-20)15-5-3-6-16(12-15)23-21(26)17-7-4-8-19(14(17)2)25(27)28/h3-12H,1-2H3,(H,23,26). The van der Waals surface area contributed by atoms with Crippen molar-refractivity contribution in [2.45, 2.75) is 13.8 Å². The van der Waals surface area contributed by atoms with Crippen molar-refractivity contribution in [3.63, 3.8) is 0 Å². The third-order valence-electron chi connectivity index (χ3n) is 4.66. The first-order chi connectivity index (χ1) is 13.9. The lowest BCUT2D eigenvalue weighted by Crippen LogP contribution is -2.14. The van der Waals surface area contributed by atoms with E-state index in [-0.39, 0.29) is 11.3 Å². The van der Waals surface area contributed by atoms with E-state index in [1.165, 1.54) is 12.1 Å². The molecule has 0 bridgehead atoms. The number of rotatable bonds is 4. The molecule has 29 heavy (non-hydrogen) atoms. The quantitative estimate of drug-likeness (QED) is 0.380. The number of benzene rings is 3. The first-order valence-corrected chi connectivity index (χ1v) is 8.95. The van der Waals surface area contributed by atoms with E-state index in [1.54, 1.807) is 31.2 Å². The summed E-state index contributed by atoms with van der Waals surface area (Å²) in [6.45, 7) is 3.55. The molecule has 0 aliphatic carbocycles. The van der Waals surface area contributed by atoms with E-state index in [4.69, 9.17) is 4.42 Å². The summed E-state index contributed by atoms with van der Waals surface area (Å²) in [7, 11) is 0. The Kier molecular flexibility index (Phi) is 4.56. The molecule has 0 saturated carbocycles. The topological polar surface area (TPSA) is 98.3 Å². The SMILES string of the molecule is Cc1ccc2oc(-c3cccc(NC(=O)c4cccc([N+](=O)[O-])c4C)c3)nc2c1. The van der Waals surface area contributed by atoms with Crippen molar-refractivity contribution in [1.82, 2.24) is 4.98 Å². The lowest BCUT2D eigenvalue weighted by molar-refractivity contribution is -0.385. The van der Waals surface area contributed by atoms with Gasteiger partial charge in [0.15, 0.2) is 5.58 Å². The van der Waals surface area contributed by atoms with Gasteiger partial charge in [-0.1, -0.05) is 18.2 Å². The number of nitro benzene ring substituents is 1. The smallest absolute Gasteiger partial charge is 0.273 e. The van der Waals surface area contributed by atoms with Gasteiger partial charge in [-0.2, -0.15) is 0 Å². The minimum Gasteiger partial charge on any atom is -0.436 e. The summed E-state index contributed by atoms with van der Waals surface area (Å²) in [5.74, 6) is 0.0322. The summed E-state index contributed by atoms with van der Waals surface area (Å²) < 4.78 is 5.82. The number of fused-ring (bicyclic) bond motifs is 1. The van der Waals surface area contributed by atoms with E-state index in [9.17, 15) is 14.9 Å². The van der Waals surface area contributed by atoms with Crippen LogP contribution in [0, 0.1) is 24.0 Å². The van der Waals surface area contributed by atoms with Crippen LogP contribution in [0.25, 0.3) is 22.6 Å². The zero-order valence-corrected chi connectivity index (χ0v) is 15.8. The molecule has 0 fully saturated rings. The summed E-state index contributed by atoms with van der Waals surface area (Å²) in [5, 5.41) is 13.9. The van der Waals surface area contributed by atoms with E-state index in [2.05, 4.69) is 10.3 Å². The van der Waals surface area contributed by atoms with Gasteiger partial charge in [0.2, 0.25) is 5.89 Å². The number of aromatic nitrogens is 1. The molecule has 0 spiro atoms. The van der Waals surface area contributed by atoms with Crippen LogP contribution in [0.2, 0.25) is 0 Å². The van der Waals surface area contributed by atoms with Crippen molar-refractivity contribution >= 4 is 28.4 Å². The zero-order chi connectivity index (χ0) is 20.5. The first kappa shape index (κ1) is 18.4. The molecule has 0 aliphatic heterocycles. The molecule has 0 atom stereocenters. The van der Waals surface area contributed by atoms with Crippen LogP contribution in [0.5, 0.6) is 0 Å². The fraction of sp³-hybridized carbons (Fsp3) is 0.0909. The van der Waals surface area contributed by atoms with E-state index in [0.717, 1.165) is 11.1 Å². The van der Waals surface area contributed by atoms with Crippen molar-refractivity contribution < 1.29 is 14.1 Å². The molecular weight excluding hydrogens is 370 g/mol. The van der Waals surface area contributed by atoms with Crippen LogP contribution in [0.1, 0.15) is 21.5 Å². The summed E-state index contributed by atoms with van der Waals surface area (Å²) >= 11 is 0. The van der Waals surface area contributed by atoms with Crippen LogP contribution in [-0.2, 0) is 0 Å². The lowest BCUT2D eigenvalue weighted by atomic mass is 10.1. The molecule has 0 unspecified atom stereocenters. The van der Waals surface area contributed by atoms with E-state index in [1.807, 2.05) is 31.2 Å². The Morgan fingerprint density at radius 1 is 1.07 bits per heavy atom. The van der Waals surface area contributed by atoms with Crippen molar-refractivity contribution in [2.24, 2.45) is 0 Å². The number of aryl methyl sites for hydroxylation is 1. The number of amides is 1. The maximum absolute atomic E-state index is 12.7. The maximum Gasteiger partial charge on any atom is 0.273 e. The molecule has 4 aromatic rings. The summed E-state index contributed by atoms with van der Waals surface area (Å²) in [6.07, 6.45) is 0. The summed E-state index contributed by atoms with van der Waals surface area (Å²) in [4.78, 5) is 27.8. The van der Waals surface area contributed by atoms with Gasteiger partial charge in [-0.15, -0.1) is 0 Å². The highest BCUT2D eigenvalue weighted by Crippen LogP contribution is 2.27. The molecular formula is C22H17N3O4. The third-order valence-corrected chi connectivity index (χ3v) is 4.66. The highest BCUT2D eigenvalue weighted by molar-refractivity contribution is 6.06. The number of carbonyl (C=O) groups is 1. The molecule has 4 rings (SSSR count). The van der Waals surface area contributed by atoms with Gasteiger partial charge < -0.3 is 9.73 Å². The normalized spacial score (nSPS) is 10.8. The number of nitro groups is 1. The van der Waals surface area contributed by atoms with E-state index in [0.29, 0.717) is 28.3 Å². The number of hydrogen-bond acceptors (Lipinski definition) is 5. The Balaban J connectivity index is 1.63. The van der Waals surface area contributed by atoms with Gasteiger partial charge in [0, 0.05) is 28.4 Å². The average molecular weight is 387 g/mol. The molecule has 0 aliphatic rings. The molecule has 0 saturated heterocycles. The Bertz CT molecular complexity index is 1260. The molecule has 1 heterocycles. The van der Waals surface area contributed by atoms with Gasteiger partial charge in [-0.25, -0.2) is 4.98 Å². The van der Waals surface area contributed by atoms with Crippen molar-refractivity contribution in [3.05, 3.63) is 87.5 Å². The van der Waals surface area contributed by atoms with Gasteiger partial charge in [-0.05, 0) is 55.8 Å². The van der Waals surface area contributed by atoms with Gasteiger partial charge >= 0.3 is 0 Å². The average Bonchev–Trinajstić information content (AvgIpc) is 3.11. The van der Waals surface area contributed by atoms with E-state index >= 15 is 0 Å². The molecule has 144 valence electrons. The molecule has 1 aromatic heterocycles. The number of nitrogens with one attached hydrogen (secondary N) is 1.